The molecule has 1 amide bonds. The Morgan fingerprint density at radius 2 is 1.73 bits per heavy atom. The maximum Gasteiger partial charge on any atom is 0.237 e. The second-order valence-corrected chi connectivity index (χ2v) is 6.76. The summed E-state index contributed by atoms with van der Waals surface area (Å²) < 4.78 is 40.4. The van der Waals surface area contributed by atoms with Crippen LogP contribution in [0.1, 0.15) is 6.92 Å². The van der Waals surface area contributed by atoms with Gasteiger partial charge in [-0.25, -0.2) is 13.2 Å². The van der Waals surface area contributed by atoms with Gasteiger partial charge in [-0.2, -0.15) is 0 Å². The van der Waals surface area contributed by atoms with Gasteiger partial charge in [-0.15, -0.1) is 11.8 Å². The first-order valence-electron chi connectivity index (χ1n) is 6.25. The zero-order valence-corrected chi connectivity index (χ0v) is 13.8. The van der Waals surface area contributed by atoms with Crippen LogP contribution in [-0.4, -0.2) is 11.2 Å². The Balaban J connectivity index is 2.05. The van der Waals surface area contributed by atoms with Crippen molar-refractivity contribution in [1.29, 1.82) is 0 Å². The molecule has 22 heavy (non-hydrogen) atoms. The zero-order valence-electron chi connectivity index (χ0n) is 11.4. The molecule has 116 valence electrons. The van der Waals surface area contributed by atoms with Crippen LogP contribution < -0.4 is 5.32 Å². The molecule has 7 heteroatoms. The largest absolute Gasteiger partial charge is 0.323 e. The summed E-state index contributed by atoms with van der Waals surface area (Å²) in [6.07, 6.45) is 0. The van der Waals surface area contributed by atoms with Gasteiger partial charge in [0.1, 0.15) is 0 Å². The van der Waals surface area contributed by atoms with Crippen LogP contribution in [0.15, 0.2) is 45.8 Å². The maximum absolute atomic E-state index is 13.5. The predicted octanol–water partition coefficient (Wildman–Crippen LogP) is 4.99. The van der Waals surface area contributed by atoms with Gasteiger partial charge in [-0.3, -0.25) is 4.79 Å². The average Bonchev–Trinajstić information content (AvgIpc) is 2.50. The van der Waals surface area contributed by atoms with Gasteiger partial charge in [0.15, 0.2) is 17.5 Å². The van der Waals surface area contributed by atoms with Crippen molar-refractivity contribution in [2.24, 2.45) is 0 Å². The molecule has 0 fully saturated rings. The minimum atomic E-state index is -1.61. The van der Waals surface area contributed by atoms with Gasteiger partial charge < -0.3 is 5.32 Å². The molecule has 0 saturated carbocycles. The number of halogens is 4. The molecule has 0 aliphatic heterocycles. The molecule has 2 nitrogen and oxygen atoms in total. The van der Waals surface area contributed by atoms with Crippen molar-refractivity contribution in [1.82, 2.24) is 0 Å². The van der Waals surface area contributed by atoms with E-state index in [-0.39, 0.29) is 5.69 Å². The minimum Gasteiger partial charge on any atom is -0.323 e. The normalized spacial score (nSPS) is 12.0. The van der Waals surface area contributed by atoms with Crippen LogP contribution in [0.5, 0.6) is 0 Å². The molecule has 2 rings (SSSR count). The summed E-state index contributed by atoms with van der Waals surface area (Å²) in [4.78, 5) is 12.9. The molecule has 2 aromatic carbocycles. The molecule has 1 N–H and O–H groups in total. The highest BCUT2D eigenvalue weighted by atomic mass is 79.9. The van der Waals surface area contributed by atoms with Gasteiger partial charge in [-0.05, 0) is 43.3 Å². The van der Waals surface area contributed by atoms with Crippen LogP contribution in [-0.2, 0) is 4.79 Å². The van der Waals surface area contributed by atoms with E-state index in [2.05, 4.69) is 21.2 Å². The number of carbonyl (C=O) groups excluding carboxylic acids is 1. The van der Waals surface area contributed by atoms with Crippen molar-refractivity contribution in [3.63, 3.8) is 0 Å². The molecule has 0 spiro atoms. The van der Waals surface area contributed by atoms with E-state index < -0.39 is 28.6 Å². The Morgan fingerprint density at radius 3 is 2.36 bits per heavy atom. The summed E-state index contributed by atoms with van der Waals surface area (Å²) in [7, 11) is 0. The zero-order chi connectivity index (χ0) is 16.3. The lowest BCUT2D eigenvalue weighted by atomic mass is 10.2. The van der Waals surface area contributed by atoms with Crippen LogP contribution in [0.4, 0.5) is 18.9 Å². The summed E-state index contributed by atoms with van der Waals surface area (Å²) in [6.45, 7) is 1.64. The molecule has 0 radical (unpaired) electrons. The molecule has 0 aliphatic rings. The van der Waals surface area contributed by atoms with Gasteiger partial charge in [0, 0.05) is 9.37 Å². The first kappa shape index (κ1) is 16.9. The van der Waals surface area contributed by atoms with Crippen LogP contribution in [0.3, 0.4) is 0 Å². The Kier molecular flexibility index (Phi) is 5.52. The predicted molar refractivity (Wildman–Crippen MR) is 84.4 cm³/mol. The highest BCUT2D eigenvalue weighted by molar-refractivity contribution is 9.10. The van der Waals surface area contributed by atoms with Gasteiger partial charge in [0.25, 0.3) is 0 Å². The first-order chi connectivity index (χ1) is 10.4. The summed E-state index contributed by atoms with van der Waals surface area (Å²) in [6, 6.07) is 9.08. The number of rotatable bonds is 4. The Hall–Kier alpha value is -1.47. The standard InChI is InChI=1S/C15H11BrF3NOS/c1-8(22-10-4-2-9(16)3-5-10)15(21)20-12-7-6-11(17)13(18)14(12)19/h2-8H,1H3,(H,20,21). The number of hydrogen-bond donors (Lipinski definition) is 1. The van der Waals surface area contributed by atoms with Gasteiger partial charge >= 0.3 is 0 Å². The molecule has 0 aliphatic carbocycles. The number of anilines is 1. The molecule has 0 heterocycles. The van der Waals surface area contributed by atoms with Gasteiger partial charge in [0.2, 0.25) is 5.91 Å². The smallest absolute Gasteiger partial charge is 0.237 e. The quantitative estimate of drug-likeness (QED) is 0.589. The molecular weight excluding hydrogens is 379 g/mol. The van der Waals surface area contributed by atoms with Crippen molar-refractivity contribution < 1.29 is 18.0 Å². The number of benzene rings is 2. The number of thioether (sulfide) groups is 1. The van der Waals surface area contributed by atoms with Crippen molar-refractivity contribution in [2.75, 3.05) is 5.32 Å². The lowest BCUT2D eigenvalue weighted by Crippen LogP contribution is -2.23. The van der Waals surface area contributed by atoms with Crippen molar-refractivity contribution in [3.05, 3.63) is 58.3 Å². The third-order valence-electron chi connectivity index (χ3n) is 2.79. The summed E-state index contributed by atoms with van der Waals surface area (Å²) in [5.74, 6) is -4.81. The van der Waals surface area contributed by atoms with E-state index in [4.69, 9.17) is 0 Å². The first-order valence-corrected chi connectivity index (χ1v) is 7.92. The van der Waals surface area contributed by atoms with Crippen molar-refractivity contribution in [2.45, 2.75) is 17.1 Å². The second kappa shape index (κ2) is 7.19. The molecule has 0 aromatic heterocycles. The van der Waals surface area contributed by atoms with Crippen LogP contribution in [0, 0.1) is 17.5 Å². The topological polar surface area (TPSA) is 29.1 Å². The van der Waals surface area contributed by atoms with E-state index in [9.17, 15) is 18.0 Å². The fourth-order valence-electron chi connectivity index (χ4n) is 1.63. The molecule has 0 saturated heterocycles. The summed E-state index contributed by atoms with van der Waals surface area (Å²) in [5, 5.41) is 1.73. The van der Waals surface area contributed by atoms with E-state index in [1.807, 2.05) is 24.3 Å². The molecule has 2 aromatic rings. The molecular formula is C15H11BrF3NOS. The minimum absolute atomic E-state index is 0.382. The third-order valence-corrected chi connectivity index (χ3v) is 4.43. The molecule has 0 bridgehead atoms. The van der Waals surface area contributed by atoms with Crippen molar-refractivity contribution >= 4 is 39.3 Å². The Morgan fingerprint density at radius 1 is 1.09 bits per heavy atom. The van der Waals surface area contributed by atoms with Gasteiger partial charge in [0.05, 0.1) is 10.9 Å². The fourth-order valence-corrected chi connectivity index (χ4v) is 2.76. The van der Waals surface area contributed by atoms with Crippen LogP contribution in [0.2, 0.25) is 0 Å². The van der Waals surface area contributed by atoms with E-state index >= 15 is 0 Å². The third kappa shape index (κ3) is 4.04. The van der Waals surface area contributed by atoms with Crippen LogP contribution >= 0.6 is 27.7 Å². The van der Waals surface area contributed by atoms with E-state index in [1.54, 1.807) is 6.92 Å². The van der Waals surface area contributed by atoms with E-state index in [0.717, 1.165) is 21.5 Å². The SMILES string of the molecule is CC(Sc1ccc(Br)cc1)C(=O)Nc1ccc(F)c(F)c1F. The highest BCUT2D eigenvalue weighted by Crippen LogP contribution is 2.26. The molecule has 1 atom stereocenters. The Bertz CT molecular complexity index is 694. The number of hydrogen-bond acceptors (Lipinski definition) is 2. The summed E-state index contributed by atoms with van der Waals surface area (Å²) in [5.41, 5.74) is -0.382. The average molecular weight is 390 g/mol. The van der Waals surface area contributed by atoms with Gasteiger partial charge in [-0.1, -0.05) is 15.9 Å². The summed E-state index contributed by atoms with van der Waals surface area (Å²) >= 11 is 4.58. The van der Waals surface area contributed by atoms with Crippen LogP contribution in [0.25, 0.3) is 0 Å². The number of carbonyl (C=O) groups is 1. The molecule has 1 unspecified atom stereocenters. The lowest BCUT2D eigenvalue weighted by molar-refractivity contribution is -0.115. The lowest BCUT2D eigenvalue weighted by Gasteiger charge is -2.13. The monoisotopic (exact) mass is 389 g/mol. The number of amides is 1. The maximum atomic E-state index is 13.5. The number of nitrogens with one attached hydrogen (secondary N) is 1. The fraction of sp³-hybridized carbons (Fsp3) is 0.133. The van der Waals surface area contributed by atoms with E-state index in [0.29, 0.717) is 0 Å². The Labute approximate surface area is 138 Å². The second-order valence-electron chi connectivity index (χ2n) is 4.43. The van der Waals surface area contributed by atoms with Crippen molar-refractivity contribution in [3.8, 4) is 0 Å². The van der Waals surface area contributed by atoms with E-state index in [1.165, 1.54) is 11.8 Å². The highest BCUT2D eigenvalue weighted by Gasteiger charge is 2.19.